The van der Waals surface area contributed by atoms with E-state index < -0.39 is 0 Å². The van der Waals surface area contributed by atoms with E-state index in [-0.39, 0.29) is 5.78 Å². The molecule has 0 saturated carbocycles. The highest BCUT2D eigenvalue weighted by Gasteiger charge is 2.09. The van der Waals surface area contributed by atoms with E-state index in [1.54, 1.807) is 13.3 Å². The predicted molar refractivity (Wildman–Crippen MR) is 78.8 cm³/mol. The summed E-state index contributed by atoms with van der Waals surface area (Å²) in [5.74, 6) is 0.0581. The molecule has 0 aliphatic carbocycles. The van der Waals surface area contributed by atoms with Crippen molar-refractivity contribution >= 4 is 32.7 Å². The Morgan fingerprint density at radius 3 is 2.74 bits per heavy atom. The molecule has 3 aromatic rings. The van der Waals surface area contributed by atoms with Gasteiger partial charge in [-0.3, -0.25) is 9.36 Å². The molecule has 0 amide bonds. The van der Waals surface area contributed by atoms with E-state index in [0.29, 0.717) is 5.56 Å². The Bertz CT molecular complexity index is 777. The minimum absolute atomic E-state index is 0.0581. The SMILES string of the molecule is CC(=O)c1ccc(-n2cnc3ccccc32)c(Br)c1. The van der Waals surface area contributed by atoms with Crippen molar-refractivity contribution in [3.05, 3.63) is 58.8 Å². The van der Waals surface area contributed by atoms with Gasteiger partial charge >= 0.3 is 0 Å². The molecular weight excluding hydrogens is 304 g/mol. The average molecular weight is 315 g/mol. The molecule has 4 heteroatoms. The number of Topliss-reactive ketones (excluding diaryl/α,β-unsaturated/α-hetero) is 1. The minimum Gasteiger partial charge on any atom is -0.298 e. The highest BCUT2D eigenvalue weighted by molar-refractivity contribution is 9.10. The number of carbonyl (C=O) groups excluding carboxylic acids is 1. The van der Waals surface area contributed by atoms with Gasteiger partial charge in [-0.1, -0.05) is 12.1 Å². The monoisotopic (exact) mass is 314 g/mol. The van der Waals surface area contributed by atoms with Crippen molar-refractivity contribution in [2.45, 2.75) is 6.92 Å². The summed E-state index contributed by atoms with van der Waals surface area (Å²) in [6, 6.07) is 13.5. The van der Waals surface area contributed by atoms with Crippen LogP contribution in [0.1, 0.15) is 17.3 Å². The van der Waals surface area contributed by atoms with Crippen LogP contribution in [0.3, 0.4) is 0 Å². The van der Waals surface area contributed by atoms with Gasteiger partial charge in [0.1, 0.15) is 6.33 Å². The van der Waals surface area contributed by atoms with Crippen molar-refractivity contribution < 1.29 is 4.79 Å². The number of aromatic nitrogens is 2. The number of halogens is 1. The second kappa shape index (κ2) is 4.63. The number of para-hydroxylation sites is 2. The van der Waals surface area contributed by atoms with Crippen LogP contribution < -0.4 is 0 Å². The van der Waals surface area contributed by atoms with Gasteiger partial charge in [0.15, 0.2) is 5.78 Å². The molecule has 0 bridgehead atoms. The largest absolute Gasteiger partial charge is 0.298 e. The molecular formula is C15H11BrN2O. The van der Waals surface area contributed by atoms with Crippen LogP contribution >= 0.6 is 15.9 Å². The smallest absolute Gasteiger partial charge is 0.159 e. The van der Waals surface area contributed by atoms with Gasteiger partial charge in [0.25, 0.3) is 0 Å². The van der Waals surface area contributed by atoms with Crippen LogP contribution in [0, 0.1) is 0 Å². The Morgan fingerprint density at radius 2 is 2.00 bits per heavy atom. The number of imidazole rings is 1. The first-order chi connectivity index (χ1) is 9.16. The molecule has 0 aliphatic rings. The quantitative estimate of drug-likeness (QED) is 0.670. The van der Waals surface area contributed by atoms with E-state index in [1.807, 2.05) is 47.0 Å². The summed E-state index contributed by atoms with van der Waals surface area (Å²) >= 11 is 3.52. The molecule has 3 rings (SSSR count). The van der Waals surface area contributed by atoms with Crippen molar-refractivity contribution in [2.75, 3.05) is 0 Å². The molecule has 2 aromatic carbocycles. The summed E-state index contributed by atoms with van der Waals surface area (Å²) in [5.41, 5.74) is 3.66. The lowest BCUT2D eigenvalue weighted by Gasteiger charge is -2.08. The minimum atomic E-state index is 0.0581. The van der Waals surface area contributed by atoms with Gasteiger partial charge in [0.2, 0.25) is 0 Å². The topological polar surface area (TPSA) is 34.9 Å². The Kier molecular flexibility index (Phi) is 2.95. The average Bonchev–Trinajstić information content (AvgIpc) is 2.82. The zero-order chi connectivity index (χ0) is 13.4. The summed E-state index contributed by atoms with van der Waals surface area (Å²) in [6.45, 7) is 1.56. The second-order valence-electron chi connectivity index (χ2n) is 4.33. The van der Waals surface area contributed by atoms with Crippen molar-refractivity contribution in [1.29, 1.82) is 0 Å². The summed E-state index contributed by atoms with van der Waals surface area (Å²) in [4.78, 5) is 15.7. The van der Waals surface area contributed by atoms with Crippen LogP contribution in [-0.4, -0.2) is 15.3 Å². The first kappa shape index (κ1) is 12.1. The number of fused-ring (bicyclic) bond motifs is 1. The van der Waals surface area contributed by atoms with Crippen LogP contribution in [-0.2, 0) is 0 Å². The molecule has 0 N–H and O–H groups in total. The predicted octanol–water partition coefficient (Wildman–Crippen LogP) is 3.99. The number of carbonyl (C=O) groups is 1. The maximum Gasteiger partial charge on any atom is 0.159 e. The van der Waals surface area contributed by atoms with E-state index in [0.717, 1.165) is 21.2 Å². The fourth-order valence-electron chi connectivity index (χ4n) is 2.07. The normalized spacial score (nSPS) is 10.8. The van der Waals surface area contributed by atoms with Gasteiger partial charge in [0, 0.05) is 10.0 Å². The zero-order valence-corrected chi connectivity index (χ0v) is 11.9. The molecule has 0 saturated heterocycles. The second-order valence-corrected chi connectivity index (χ2v) is 5.18. The van der Waals surface area contributed by atoms with E-state index in [1.165, 1.54) is 0 Å². The number of nitrogens with zero attached hydrogens (tertiary/aromatic N) is 2. The van der Waals surface area contributed by atoms with E-state index in [9.17, 15) is 4.79 Å². The molecule has 1 heterocycles. The first-order valence-electron chi connectivity index (χ1n) is 5.90. The Hall–Kier alpha value is -1.94. The molecule has 19 heavy (non-hydrogen) atoms. The molecule has 0 aliphatic heterocycles. The van der Waals surface area contributed by atoms with Crippen LogP contribution in [0.25, 0.3) is 16.7 Å². The van der Waals surface area contributed by atoms with Crippen LogP contribution in [0.15, 0.2) is 53.3 Å². The van der Waals surface area contributed by atoms with Gasteiger partial charge in [-0.15, -0.1) is 0 Å². The number of ketones is 1. The molecule has 0 spiro atoms. The molecule has 3 nitrogen and oxygen atoms in total. The van der Waals surface area contributed by atoms with Gasteiger partial charge in [0.05, 0.1) is 16.7 Å². The number of benzene rings is 2. The Labute approximate surface area is 119 Å². The van der Waals surface area contributed by atoms with Gasteiger partial charge < -0.3 is 0 Å². The van der Waals surface area contributed by atoms with Gasteiger partial charge in [-0.25, -0.2) is 4.98 Å². The molecule has 0 fully saturated rings. The third-order valence-electron chi connectivity index (χ3n) is 3.07. The summed E-state index contributed by atoms with van der Waals surface area (Å²) in [5, 5.41) is 0. The summed E-state index contributed by atoms with van der Waals surface area (Å²) in [6.07, 6.45) is 1.79. The number of rotatable bonds is 2. The standard InChI is InChI=1S/C15H11BrN2O/c1-10(19)11-6-7-14(12(16)8-11)18-9-17-13-4-2-3-5-15(13)18/h2-9H,1H3. The van der Waals surface area contributed by atoms with Crippen LogP contribution in [0.2, 0.25) is 0 Å². The molecule has 0 atom stereocenters. The highest BCUT2D eigenvalue weighted by atomic mass is 79.9. The third-order valence-corrected chi connectivity index (χ3v) is 3.70. The lowest BCUT2D eigenvalue weighted by Crippen LogP contribution is -1.97. The number of hydrogen-bond acceptors (Lipinski definition) is 2. The van der Waals surface area contributed by atoms with Crippen LogP contribution in [0.5, 0.6) is 0 Å². The first-order valence-corrected chi connectivity index (χ1v) is 6.69. The van der Waals surface area contributed by atoms with E-state index in [2.05, 4.69) is 20.9 Å². The molecule has 0 unspecified atom stereocenters. The van der Waals surface area contributed by atoms with Crippen LogP contribution in [0.4, 0.5) is 0 Å². The van der Waals surface area contributed by atoms with Gasteiger partial charge in [-0.2, -0.15) is 0 Å². The lowest BCUT2D eigenvalue weighted by atomic mass is 10.1. The van der Waals surface area contributed by atoms with E-state index in [4.69, 9.17) is 0 Å². The van der Waals surface area contributed by atoms with Crippen molar-refractivity contribution in [2.24, 2.45) is 0 Å². The maximum atomic E-state index is 11.4. The van der Waals surface area contributed by atoms with E-state index >= 15 is 0 Å². The maximum absolute atomic E-state index is 11.4. The van der Waals surface area contributed by atoms with Gasteiger partial charge in [-0.05, 0) is 53.2 Å². The van der Waals surface area contributed by atoms with Crippen molar-refractivity contribution in [1.82, 2.24) is 9.55 Å². The van der Waals surface area contributed by atoms with Crippen molar-refractivity contribution in [3.63, 3.8) is 0 Å². The fourth-order valence-corrected chi connectivity index (χ4v) is 2.64. The molecule has 0 radical (unpaired) electrons. The Balaban J connectivity index is 2.19. The highest BCUT2D eigenvalue weighted by Crippen LogP contribution is 2.26. The fraction of sp³-hybridized carbons (Fsp3) is 0.0667. The Morgan fingerprint density at radius 1 is 1.21 bits per heavy atom. The van der Waals surface area contributed by atoms with Crippen molar-refractivity contribution in [3.8, 4) is 5.69 Å². The lowest BCUT2D eigenvalue weighted by molar-refractivity contribution is 0.101. The molecule has 94 valence electrons. The molecule has 1 aromatic heterocycles. The number of hydrogen-bond donors (Lipinski definition) is 0. The summed E-state index contributed by atoms with van der Waals surface area (Å²) < 4.78 is 2.88. The third kappa shape index (κ3) is 2.08. The summed E-state index contributed by atoms with van der Waals surface area (Å²) in [7, 11) is 0. The zero-order valence-electron chi connectivity index (χ0n) is 10.3.